The van der Waals surface area contributed by atoms with Gasteiger partial charge in [0.25, 0.3) is 0 Å². The van der Waals surface area contributed by atoms with Gasteiger partial charge in [-0.1, -0.05) is 4.69 Å². The summed E-state index contributed by atoms with van der Waals surface area (Å²) < 4.78 is 6.10. The molecule has 0 aromatic carbocycles. The lowest BCUT2D eigenvalue weighted by Crippen LogP contribution is -1.75. The summed E-state index contributed by atoms with van der Waals surface area (Å²) in [5.74, 6) is 0. The molecule has 8 heavy (non-hydrogen) atoms. The van der Waals surface area contributed by atoms with Gasteiger partial charge in [-0.2, -0.15) is 4.98 Å². The van der Waals surface area contributed by atoms with Crippen molar-refractivity contribution in [3.63, 3.8) is 0 Å². The molecular formula is C4H3N3O. The highest BCUT2D eigenvalue weighted by molar-refractivity contribution is 5.31. The van der Waals surface area contributed by atoms with Crippen molar-refractivity contribution in [3.05, 3.63) is 18.7 Å². The van der Waals surface area contributed by atoms with Crippen LogP contribution in [0.5, 0.6) is 0 Å². The summed E-state index contributed by atoms with van der Waals surface area (Å²) in [6.07, 6.45) is 2.98. The van der Waals surface area contributed by atoms with Crippen molar-refractivity contribution in [1.29, 1.82) is 0 Å². The van der Waals surface area contributed by atoms with Crippen LogP contribution in [0, 0.1) is 0 Å². The van der Waals surface area contributed by atoms with Gasteiger partial charge in [-0.05, 0) is 0 Å². The molecule has 0 aliphatic rings. The van der Waals surface area contributed by atoms with Gasteiger partial charge in [-0.3, -0.25) is 0 Å². The molecule has 0 saturated heterocycles. The Balaban J connectivity index is 3.06. The average molecular weight is 109 g/mol. The zero-order valence-corrected chi connectivity index (χ0v) is 3.98. The van der Waals surface area contributed by atoms with Gasteiger partial charge in [0.15, 0.2) is 5.65 Å². The van der Waals surface area contributed by atoms with E-state index in [4.69, 9.17) is 4.52 Å². The van der Waals surface area contributed by atoms with Gasteiger partial charge in [0, 0.05) is 6.07 Å². The van der Waals surface area contributed by atoms with E-state index < -0.39 is 0 Å². The van der Waals surface area contributed by atoms with Crippen molar-refractivity contribution in [2.24, 2.45) is 0 Å². The Labute approximate surface area is 44.7 Å². The van der Waals surface area contributed by atoms with Crippen LogP contribution in [0.1, 0.15) is 0 Å². The first-order chi connectivity index (χ1) is 3.97. The van der Waals surface area contributed by atoms with Crippen molar-refractivity contribution in [1.82, 2.24) is 14.8 Å². The van der Waals surface area contributed by atoms with Crippen molar-refractivity contribution in [2.75, 3.05) is 0 Å². The Morgan fingerprint density at radius 1 is 1.62 bits per heavy atom. The molecule has 0 aliphatic carbocycles. The Morgan fingerprint density at radius 2 is 2.62 bits per heavy atom. The Bertz CT molecular complexity index is 233. The predicted octanol–water partition coefficient (Wildman–Crippen LogP) is 0.322. The van der Waals surface area contributed by atoms with Crippen LogP contribution in [0.2, 0.25) is 0 Å². The van der Waals surface area contributed by atoms with Crippen molar-refractivity contribution < 1.29 is 4.52 Å². The maximum absolute atomic E-state index is 4.75. The molecule has 0 bridgehead atoms. The van der Waals surface area contributed by atoms with E-state index in [0.29, 0.717) is 0 Å². The van der Waals surface area contributed by atoms with Gasteiger partial charge >= 0.3 is 0 Å². The van der Waals surface area contributed by atoms with E-state index in [-0.39, 0.29) is 0 Å². The molecule has 4 heteroatoms. The molecule has 0 N–H and O–H groups in total. The molecule has 0 radical (unpaired) electrons. The highest BCUT2D eigenvalue weighted by atomic mass is 16.5. The second kappa shape index (κ2) is 1.09. The summed E-state index contributed by atoms with van der Waals surface area (Å²) in [5, 5.41) is 3.77. The lowest BCUT2D eigenvalue weighted by atomic mass is 10.7. The van der Waals surface area contributed by atoms with Crippen LogP contribution in [0.4, 0.5) is 0 Å². The fraction of sp³-hybridized carbons (Fsp3) is 0. The first kappa shape index (κ1) is 3.65. The smallest absolute Gasteiger partial charge is 0.214 e. The quantitative estimate of drug-likeness (QED) is 0.489. The van der Waals surface area contributed by atoms with Gasteiger partial charge in [0.05, 0.1) is 6.20 Å². The Hall–Kier alpha value is -1.32. The third kappa shape index (κ3) is 0.294. The molecule has 0 aliphatic heterocycles. The fourth-order valence-electron chi connectivity index (χ4n) is 0.579. The molecule has 0 amide bonds. The van der Waals surface area contributed by atoms with E-state index in [1.807, 2.05) is 0 Å². The molecule has 0 fully saturated rings. The van der Waals surface area contributed by atoms with Gasteiger partial charge in [0.2, 0.25) is 6.39 Å². The Kier molecular flexibility index (Phi) is 0.498. The van der Waals surface area contributed by atoms with Gasteiger partial charge in [-0.25, -0.2) is 0 Å². The zero-order valence-electron chi connectivity index (χ0n) is 3.98. The monoisotopic (exact) mass is 109 g/mol. The van der Waals surface area contributed by atoms with Crippen LogP contribution in [0.25, 0.3) is 5.65 Å². The van der Waals surface area contributed by atoms with Crippen molar-refractivity contribution >= 4 is 5.65 Å². The summed E-state index contributed by atoms with van der Waals surface area (Å²) in [5.41, 5.74) is 0.741. The third-order valence-corrected chi connectivity index (χ3v) is 0.923. The van der Waals surface area contributed by atoms with Gasteiger partial charge in [-0.15, -0.1) is 5.10 Å². The number of rotatable bonds is 0. The molecule has 2 heterocycles. The Morgan fingerprint density at radius 3 is 3.50 bits per heavy atom. The van der Waals surface area contributed by atoms with Crippen LogP contribution in [0.15, 0.2) is 23.2 Å². The number of hydrogen-bond acceptors (Lipinski definition) is 3. The van der Waals surface area contributed by atoms with Crippen molar-refractivity contribution in [2.45, 2.75) is 0 Å². The van der Waals surface area contributed by atoms with E-state index in [1.165, 1.54) is 11.1 Å². The second-order valence-corrected chi connectivity index (χ2v) is 1.40. The first-order valence-corrected chi connectivity index (χ1v) is 2.20. The highest BCUT2D eigenvalue weighted by Gasteiger charge is 1.91. The number of hydrogen-bond donors (Lipinski definition) is 0. The molecule has 0 unspecified atom stereocenters. The van der Waals surface area contributed by atoms with Crippen LogP contribution >= 0.6 is 0 Å². The summed E-state index contributed by atoms with van der Waals surface area (Å²) in [7, 11) is 0. The lowest BCUT2D eigenvalue weighted by Gasteiger charge is -1.69. The minimum absolute atomic E-state index is 0.741. The van der Waals surface area contributed by atoms with Crippen LogP contribution in [0.3, 0.4) is 0 Å². The molecule has 2 rings (SSSR count). The summed E-state index contributed by atoms with van der Waals surface area (Å²) in [6.45, 7) is 0. The summed E-state index contributed by atoms with van der Waals surface area (Å²) in [6, 6.07) is 1.77. The van der Waals surface area contributed by atoms with E-state index in [2.05, 4.69) is 10.1 Å². The van der Waals surface area contributed by atoms with E-state index in [0.717, 1.165) is 5.65 Å². The molecular weight excluding hydrogens is 106 g/mol. The zero-order chi connectivity index (χ0) is 5.40. The van der Waals surface area contributed by atoms with E-state index in [1.54, 1.807) is 12.3 Å². The molecule has 40 valence electrons. The maximum atomic E-state index is 4.75. The average Bonchev–Trinajstić information content (AvgIpc) is 2.15. The predicted molar refractivity (Wildman–Crippen MR) is 25.3 cm³/mol. The minimum atomic E-state index is 0.741. The number of fused-ring (bicyclic) bond motifs is 1. The molecule has 2 aromatic rings. The van der Waals surface area contributed by atoms with Crippen LogP contribution in [-0.4, -0.2) is 14.8 Å². The van der Waals surface area contributed by atoms with Crippen LogP contribution in [-0.2, 0) is 0 Å². The molecule has 4 nitrogen and oxygen atoms in total. The molecule has 0 saturated carbocycles. The second-order valence-electron chi connectivity index (χ2n) is 1.40. The van der Waals surface area contributed by atoms with E-state index in [9.17, 15) is 0 Å². The fourth-order valence-corrected chi connectivity index (χ4v) is 0.579. The largest absolute Gasteiger partial charge is 0.344 e. The highest BCUT2D eigenvalue weighted by Crippen LogP contribution is 1.93. The SMILES string of the molecule is c1cc2ncon2n1. The third-order valence-electron chi connectivity index (χ3n) is 0.923. The summed E-state index contributed by atoms with van der Waals surface area (Å²) in [4.78, 5) is 3.81. The number of aromatic nitrogens is 3. The van der Waals surface area contributed by atoms with Crippen molar-refractivity contribution in [3.8, 4) is 0 Å². The minimum Gasteiger partial charge on any atom is -0.344 e. The van der Waals surface area contributed by atoms with E-state index >= 15 is 0 Å². The lowest BCUT2D eigenvalue weighted by molar-refractivity contribution is 0.336. The first-order valence-electron chi connectivity index (χ1n) is 2.20. The standard InChI is InChI=1S/C4H3N3O/c1-2-6-7-4(1)5-3-8-7/h1-3H. The summed E-state index contributed by atoms with van der Waals surface area (Å²) >= 11 is 0. The maximum Gasteiger partial charge on any atom is 0.214 e. The molecule has 2 aromatic heterocycles. The normalized spacial score (nSPS) is 10.5. The number of nitrogens with zero attached hydrogens (tertiary/aromatic N) is 3. The van der Waals surface area contributed by atoms with Crippen LogP contribution < -0.4 is 0 Å². The molecule has 0 spiro atoms. The van der Waals surface area contributed by atoms with Gasteiger partial charge in [0.1, 0.15) is 0 Å². The van der Waals surface area contributed by atoms with Gasteiger partial charge < -0.3 is 4.52 Å². The topological polar surface area (TPSA) is 43.3 Å². The molecule has 0 atom stereocenters.